The number of hydrogen-bond donors (Lipinski definition) is 2. The van der Waals surface area contributed by atoms with Gasteiger partial charge in [-0.3, -0.25) is 0 Å². The van der Waals surface area contributed by atoms with Gasteiger partial charge in [0, 0.05) is 11.8 Å². The maximum Gasteiger partial charge on any atom is 0.193 e. The maximum atomic E-state index is 5.99. The smallest absolute Gasteiger partial charge is 0.193 e. The molecule has 1 fully saturated rings. The maximum absolute atomic E-state index is 5.99. The fourth-order valence-electron chi connectivity index (χ4n) is 2.77. The fourth-order valence-corrected chi connectivity index (χ4v) is 2.77. The number of nitrogens with zero attached hydrogens (tertiary/aromatic N) is 1. The first kappa shape index (κ1) is 17.6. The van der Waals surface area contributed by atoms with Crippen molar-refractivity contribution in [3.05, 3.63) is 60.2 Å². The second kappa shape index (κ2) is 8.19. The molecule has 0 atom stereocenters. The summed E-state index contributed by atoms with van der Waals surface area (Å²) in [4.78, 5) is 4.55. The van der Waals surface area contributed by atoms with E-state index in [1.807, 2.05) is 30.3 Å². The summed E-state index contributed by atoms with van der Waals surface area (Å²) in [6, 6.07) is 18.6. The summed E-state index contributed by atoms with van der Waals surface area (Å²) in [5.41, 5.74) is 8.27. The van der Waals surface area contributed by atoms with E-state index >= 15 is 0 Å². The van der Waals surface area contributed by atoms with Crippen molar-refractivity contribution < 1.29 is 4.74 Å². The standard InChI is InChI=1S/C18H21N3O.HI/c1-22-17-9-5-8-15(12-17)20-18(19)21-16-10-14(11-16)13-6-3-2-4-7-13;/h2-9,12,14,16H,10-11H2,1H3,(H3,19,20,21);1H. The van der Waals surface area contributed by atoms with Gasteiger partial charge in [0.05, 0.1) is 13.2 Å². The highest BCUT2D eigenvalue weighted by atomic mass is 127. The minimum absolute atomic E-state index is 0. The predicted molar refractivity (Wildman–Crippen MR) is 106 cm³/mol. The summed E-state index contributed by atoms with van der Waals surface area (Å²) in [6.07, 6.45) is 2.12. The molecule has 0 heterocycles. The van der Waals surface area contributed by atoms with E-state index < -0.39 is 0 Å². The van der Waals surface area contributed by atoms with E-state index in [4.69, 9.17) is 10.5 Å². The van der Waals surface area contributed by atoms with Crippen LogP contribution in [0.2, 0.25) is 0 Å². The Kier molecular flexibility index (Phi) is 6.27. The number of ether oxygens (including phenoxy) is 1. The van der Waals surface area contributed by atoms with Crippen molar-refractivity contribution in [2.45, 2.75) is 24.8 Å². The monoisotopic (exact) mass is 423 g/mol. The number of hydrogen-bond acceptors (Lipinski definition) is 2. The zero-order valence-corrected chi connectivity index (χ0v) is 15.4. The number of guanidine groups is 1. The van der Waals surface area contributed by atoms with Gasteiger partial charge >= 0.3 is 0 Å². The zero-order valence-electron chi connectivity index (χ0n) is 13.1. The van der Waals surface area contributed by atoms with Crippen LogP contribution in [0.1, 0.15) is 24.3 Å². The molecule has 122 valence electrons. The second-order valence-corrected chi connectivity index (χ2v) is 5.60. The van der Waals surface area contributed by atoms with Crippen LogP contribution in [-0.2, 0) is 0 Å². The summed E-state index contributed by atoms with van der Waals surface area (Å²) < 4.78 is 5.19. The van der Waals surface area contributed by atoms with Crippen LogP contribution in [0, 0.1) is 0 Å². The van der Waals surface area contributed by atoms with Crippen LogP contribution in [0.25, 0.3) is 0 Å². The van der Waals surface area contributed by atoms with E-state index in [2.05, 4.69) is 34.6 Å². The Morgan fingerprint density at radius 2 is 1.87 bits per heavy atom. The molecule has 0 spiro atoms. The third-order valence-corrected chi connectivity index (χ3v) is 4.05. The van der Waals surface area contributed by atoms with Gasteiger partial charge in [0.15, 0.2) is 5.96 Å². The predicted octanol–water partition coefficient (Wildman–Crippen LogP) is 3.99. The molecule has 0 aliphatic heterocycles. The molecule has 0 bridgehead atoms. The molecule has 1 saturated carbocycles. The van der Waals surface area contributed by atoms with Gasteiger partial charge in [-0.2, -0.15) is 0 Å². The molecule has 23 heavy (non-hydrogen) atoms. The molecule has 4 nitrogen and oxygen atoms in total. The van der Waals surface area contributed by atoms with Crippen molar-refractivity contribution in [1.82, 2.24) is 0 Å². The molecule has 0 amide bonds. The Balaban J connectivity index is 0.00000192. The Labute approximate surface area is 154 Å². The first-order valence-corrected chi connectivity index (χ1v) is 7.54. The van der Waals surface area contributed by atoms with Crippen LogP contribution < -0.4 is 15.8 Å². The minimum atomic E-state index is 0. The number of anilines is 1. The number of aliphatic imine (C=N–C) groups is 1. The highest BCUT2D eigenvalue weighted by Crippen LogP contribution is 2.38. The molecular weight excluding hydrogens is 401 g/mol. The van der Waals surface area contributed by atoms with Crippen LogP contribution in [0.3, 0.4) is 0 Å². The quantitative estimate of drug-likeness (QED) is 0.444. The number of halogens is 1. The highest BCUT2D eigenvalue weighted by Gasteiger charge is 2.30. The Morgan fingerprint density at radius 1 is 1.13 bits per heavy atom. The average molecular weight is 423 g/mol. The van der Waals surface area contributed by atoms with Gasteiger partial charge in [0.2, 0.25) is 0 Å². The lowest BCUT2D eigenvalue weighted by atomic mass is 9.76. The van der Waals surface area contributed by atoms with Gasteiger partial charge in [0.25, 0.3) is 0 Å². The van der Waals surface area contributed by atoms with Crippen LogP contribution in [0.5, 0.6) is 5.75 Å². The third kappa shape index (κ3) is 4.60. The molecule has 3 N–H and O–H groups in total. The lowest BCUT2D eigenvalue weighted by molar-refractivity contribution is 0.353. The van der Waals surface area contributed by atoms with Crippen molar-refractivity contribution in [3.63, 3.8) is 0 Å². The molecule has 5 heteroatoms. The molecule has 3 rings (SSSR count). The summed E-state index contributed by atoms with van der Waals surface area (Å²) in [5.74, 6) is 1.87. The molecule has 2 aromatic rings. The average Bonchev–Trinajstić information content (AvgIpc) is 2.51. The van der Waals surface area contributed by atoms with Gasteiger partial charge in [-0.15, -0.1) is 24.0 Å². The van der Waals surface area contributed by atoms with E-state index in [1.54, 1.807) is 7.11 Å². The molecule has 2 aromatic carbocycles. The van der Waals surface area contributed by atoms with Crippen LogP contribution in [0.15, 0.2) is 59.6 Å². The van der Waals surface area contributed by atoms with Crippen molar-refractivity contribution in [3.8, 4) is 5.75 Å². The lowest BCUT2D eigenvalue weighted by Crippen LogP contribution is -2.31. The summed E-state index contributed by atoms with van der Waals surface area (Å²) >= 11 is 0. The van der Waals surface area contributed by atoms with E-state index in [-0.39, 0.29) is 24.0 Å². The molecule has 0 aromatic heterocycles. The third-order valence-electron chi connectivity index (χ3n) is 4.05. The van der Waals surface area contributed by atoms with Crippen molar-refractivity contribution in [1.29, 1.82) is 0 Å². The number of nitrogens with two attached hydrogens (primary N) is 1. The van der Waals surface area contributed by atoms with Gasteiger partial charge in [-0.25, -0.2) is 4.99 Å². The molecule has 1 aliphatic carbocycles. The first-order chi connectivity index (χ1) is 10.7. The van der Waals surface area contributed by atoms with E-state index in [9.17, 15) is 0 Å². The Hall–Kier alpha value is -1.76. The van der Waals surface area contributed by atoms with Gasteiger partial charge in [-0.1, -0.05) is 36.4 Å². The van der Waals surface area contributed by atoms with E-state index in [0.29, 0.717) is 17.9 Å². The molecule has 0 unspecified atom stereocenters. The van der Waals surface area contributed by atoms with Gasteiger partial charge in [-0.05, 0) is 36.5 Å². The SMILES string of the molecule is COc1cccc(NC(N)=NC2CC(c3ccccc3)C2)c1.I. The normalized spacial score (nSPS) is 20.1. The van der Waals surface area contributed by atoms with Gasteiger partial charge in [0.1, 0.15) is 5.75 Å². The Morgan fingerprint density at radius 3 is 2.57 bits per heavy atom. The topological polar surface area (TPSA) is 59.6 Å². The number of rotatable bonds is 4. The van der Waals surface area contributed by atoms with Crippen LogP contribution in [-0.4, -0.2) is 19.1 Å². The molecule has 0 radical (unpaired) electrons. The van der Waals surface area contributed by atoms with Crippen molar-refractivity contribution in [2.24, 2.45) is 10.7 Å². The van der Waals surface area contributed by atoms with E-state index in [0.717, 1.165) is 24.3 Å². The van der Waals surface area contributed by atoms with Crippen LogP contribution >= 0.6 is 24.0 Å². The van der Waals surface area contributed by atoms with Crippen LogP contribution in [0.4, 0.5) is 5.69 Å². The largest absolute Gasteiger partial charge is 0.497 e. The van der Waals surface area contributed by atoms with Crippen molar-refractivity contribution >= 4 is 35.6 Å². The highest BCUT2D eigenvalue weighted by molar-refractivity contribution is 14.0. The second-order valence-electron chi connectivity index (χ2n) is 5.60. The summed E-state index contributed by atoms with van der Waals surface area (Å²) in [7, 11) is 1.65. The Bertz CT molecular complexity index is 654. The number of methoxy groups -OCH3 is 1. The van der Waals surface area contributed by atoms with E-state index in [1.165, 1.54) is 5.56 Å². The zero-order chi connectivity index (χ0) is 15.4. The first-order valence-electron chi connectivity index (χ1n) is 7.54. The minimum Gasteiger partial charge on any atom is -0.497 e. The number of nitrogens with one attached hydrogen (secondary N) is 1. The van der Waals surface area contributed by atoms with Gasteiger partial charge < -0.3 is 15.8 Å². The van der Waals surface area contributed by atoms with Crippen molar-refractivity contribution in [2.75, 3.05) is 12.4 Å². The summed E-state index contributed by atoms with van der Waals surface area (Å²) in [6.45, 7) is 0. The molecule has 0 saturated heterocycles. The fraction of sp³-hybridized carbons (Fsp3) is 0.278. The molecular formula is C18H22IN3O. The summed E-state index contributed by atoms with van der Waals surface area (Å²) in [5, 5.41) is 3.12. The molecule has 1 aliphatic rings. The number of benzene rings is 2. The lowest BCUT2D eigenvalue weighted by Gasteiger charge is -2.33.